The number of aromatic nitrogens is 5. The Labute approximate surface area is 212 Å². The van der Waals surface area contributed by atoms with Crippen LogP contribution in [-0.2, 0) is 0 Å². The molecule has 2 aliphatic rings. The molecular weight excluding hydrogens is 480 g/mol. The Morgan fingerprint density at radius 2 is 1.83 bits per heavy atom. The van der Waals surface area contributed by atoms with Gasteiger partial charge in [-0.15, -0.1) is 10.2 Å². The summed E-state index contributed by atoms with van der Waals surface area (Å²) in [5, 5.41) is 23.8. The summed E-state index contributed by atoms with van der Waals surface area (Å²) in [6, 6.07) is 13.9. The Balaban J connectivity index is 1.36. The minimum Gasteiger partial charge on any atom is -0.395 e. The quantitative estimate of drug-likeness (QED) is 0.468. The molecule has 1 saturated heterocycles. The predicted octanol–water partition coefficient (Wildman–Crippen LogP) is 3.66. The molecule has 2 aliphatic heterocycles. The van der Waals surface area contributed by atoms with Crippen LogP contribution in [0.2, 0.25) is 0 Å². The number of nitrogens with one attached hydrogen (secondary N) is 1. The third-order valence-electron chi connectivity index (χ3n) is 5.51. The molecule has 5 rings (SSSR count). The Morgan fingerprint density at radius 3 is 2.54 bits per heavy atom. The number of β-amino-alcohol motifs (C(OH)–C–C–N with tert-alkyl or cyclic N) is 1. The lowest BCUT2D eigenvalue weighted by atomic mass is 10.3. The van der Waals surface area contributed by atoms with E-state index in [1.54, 1.807) is 11.8 Å². The van der Waals surface area contributed by atoms with Crippen LogP contribution in [0.4, 0.5) is 17.7 Å². The third kappa shape index (κ3) is 6.37. The molecule has 0 atom stereocenters. The molecule has 180 valence electrons. The maximum absolute atomic E-state index is 9.23. The number of aliphatic hydroxyl groups excluding tert-OH is 1. The second-order valence-corrected chi connectivity index (χ2v) is 9.92. The zero-order valence-electron chi connectivity index (χ0n) is 19.1. The zero-order chi connectivity index (χ0) is 23.9. The van der Waals surface area contributed by atoms with Gasteiger partial charge in [-0.25, -0.2) is 0 Å². The van der Waals surface area contributed by atoms with Crippen LogP contribution in [-0.4, -0.2) is 74.5 Å². The lowest BCUT2D eigenvalue weighted by Gasteiger charge is -2.34. The Hall–Kier alpha value is -2.99. The summed E-state index contributed by atoms with van der Waals surface area (Å²) in [4.78, 5) is 20.6. The second-order valence-electron chi connectivity index (χ2n) is 7.93. The van der Waals surface area contributed by atoms with Gasteiger partial charge in [-0.05, 0) is 47.9 Å². The van der Waals surface area contributed by atoms with Gasteiger partial charge in [0.25, 0.3) is 0 Å². The van der Waals surface area contributed by atoms with E-state index in [9.17, 15) is 5.11 Å². The fourth-order valence-electron chi connectivity index (χ4n) is 3.71. The fraction of sp³-hybridized carbons (Fsp3) is 0.292. The van der Waals surface area contributed by atoms with Crippen LogP contribution in [0.25, 0.3) is 4.91 Å². The monoisotopic (exact) mass is 506 g/mol. The lowest BCUT2D eigenvalue weighted by molar-refractivity contribution is 0.188. The summed E-state index contributed by atoms with van der Waals surface area (Å²) in [6.45, 7) is 4.14. The van der Waals surface area contributed by atoms with Crippen LogP contribution in [0, 0.1) is 0 Å². The number of allylic oxidation sites excluding steroid dienone is 2. The molecule has 2 N–H and O–H groups in total. The molecule has 0 unspecified atom stereocenters. The van der Waals surface area contributed by atoms with E-state index in [0.717, 1.165) is 48.1 Å². The van der Waals surface area contributed by atoms with Crippen molar-refractivity contribution in [3.05, 3.63) is 65.7 Å². The number of piperazine rings is 1. The molecule has 9 nitrogen and oxygen atoms in total. The summed E-state index contributed by atoms with van der Waals surface area (Å²) in [5.41, 5.74) is 0.849. The van der Waals surface area contributed by atoms with Gasteiger partial charge < -0.3 is 15.3 Å². The molecule has 35 heavy (non-hydrogen) atoms. The van der Waals surface area contributed by atoms with Crippen LogP contribution in [0.15, 0.2) is 70.1 Å². The van der Waals surface area contributed by atoms with Gasteiger partial charge in [-0.3, -0.25) is 4.90 Å². The number of hydrogen-bond acceptors (Lipinski definition) is 11. The van der Waals surface area contributed by atoms with Crippen LogP contribution in [0.5, 0.6) is 0 Å². The van der Waals surface area contributed by atoms with Gasteiger partial charge in [0.2, 0.25) is 11.9 Å². The zero-order valence-corrected chi connectivity index (χ0v) is 20.8. The first-order chi connectivity index (χ1) is 17.3. The molecule has 2 aromatic heterocycles. The van der Waals surface area contributed by atoms with E-state index in [4.69, 9.17) is 9.97 Å². The highest BCUT2D eigenvalue weighted by Gasteiger charge is 2.21. The summed E-state index contributed by atoms with van der Waals surface area (Å²) in [5.74, 6) is 1.64. The molecule has 0 radical (unpaired) electrons. The summed E-state index contributed by atoms with van der Waals surface area (Å²) >= 11 is 3.14. The van der Waals surface area contributed by atoms with Gasteiger partial charge in [0.1, 0.15) is 0 Å². The van der Waals surface area contributed by atoms with E-state index in [1.807, 2.05) is 42.5 Å². The first-order valence-electron chi connectivity index (χ1n) is 11.5. The molecular formula is C24H26N8OS2. The van der Waals surface area contributed by atoms with E-state index >= 15 is 0 Å². The lowest BCUT2D eigenvalue weighted by Crippen LogP contribution is -2.47. The molecule has 0 saturated carbocycles. The number of benzene rings is 1. The van der Waals surface area contributed by atoms with Crippen molar-refractivity contribution in [3.63, 3.8) is 0 Å². The van der Waals surface area contributed by atoms with Gasteiger partial charge in [0.15, 0.2) is 11.0 Å². The fourth-order valence-corrected chi connectivity index (χ4v) is 5.25. The SMILES string of the molecule is OCCN1CCN(c2nc(Nc3ccc(C4=CCC=CS4)nn3)nc(Sc3ccccc3)n2)CC1. The highest BCUT2D eigenvalue weighted by molar-refractivity contribution is 8.10. The molecule has 1 aromatic carbocycles. The number of anilines is 3. The maximum atomic E-state index is 9.23. The molecule has 4 heterocycles. The second kappa shape index (κ2) is 11.6. The van der Waals surface area contributed by atoms with Gasteiger partial charge in [0, 0.05) is 42.5 Å². The van der Waals surface area contributed by atoms with E-state index in [2.05, 4.69) is 47.9 Å². The minimum absolute atomic E-state index is 0.171. The Morgan fingerprint density at radius 1 is 0.971 bits per heavy atom. The number of aliphatic hydroxyl groups is 1. The Kier molecular flexibility index (Phi) is 7.89. The molecule has 3 aromatic rings. The van der Waals surface area contributed by atoms with Crippen molar-refractivity contribution in [2.75, 3.05) is 49.5 Å². The normalized spacial score (nSPS) is 16.3. The maximum Gasteiger partial charge on any atom is 0.234 e. The van der Waals surface area contributed by atoms with Crippen LogP contribution < -0.4 is 10.2 Å². The number of rotatable bonds is 8. The minimum atomic E-state index is 0.171. The first-order valence-corrected chi connectivity index (χ1v) is 13.2. The molecule has 0 bridgehead atoms. The average molecular weight is 507 g/mol. The summed E-state index contributed by atoms with van der Waals surface area (Å²) < 4.78 is 0. The van der Waals surface area contributed by atoms with Crippen molar-refractivity contribution in [1.29, 1.82) is 0 Å². The topological polar surface area (TPSA) is 103 Å². The highest BCUT2D eigenvalue weighted by atomic mass is 32.2. The van der Waals surface area contributed by atoms with Crippen molar-refractivity contribution in [2.24, 2.45) is 0 Å². The Bertz CT molecular complexity index is 1180. The number of nitrogens with zero attached hydrogens (tertiary/aromatic N) is 7. The van der Waals surface area contributed by atoms with Crippen molar-refractivity contribution >= 4 is 46.1 Å². The van der Waals surface area contributed by atoms with Crippen molar-refractivity contribution < 1.29 is 5.11 Å². The molecule has 0 aliphatic carbocycles. The van der Waals surface area contributed by atoms with Crippen molar-refractivity contribution in [3.8, 4) is 0 Å². The van der Waals surface area contributed by atoms with Gasteiger partial charge in [0.05, 0.1) is 12.3 Å². The van der Waals surface area contributed by atoms with Crippen molar-refractivity contribution in [1.82, 2.24) is 30.0 Å². The molecule has 0 amide bonds. The van der Waals surface area contributed by atoms with Gasteiger partial charge in [-0.1, -0.05) is 42.1 Å². The smallest absolute Gasteiger partial charge is 0.234 e. The van der Waals surface area contributed by atoms with Crippen LogP contribution in [0.3, 0.4) is 0 Å². The van der Waals surface area contributed by atoms with E-state index < -0.39 is 0 Å². The average Bonchev–Trinajstić information content (AvgIpc) is 2.91. The first kappa shape index (κ1) is 23.7. The number of hydrogen-bond donors (Lipinski definition) is 2. The predicted molar refractivity (Wildman–Crippen MR) is 141 cm³/mol. The highest BCUT2D eigenvalue weighted by Crippen LogP contribution is 2.31. The summed E-state index contributed by atoms with van der Waals surface area (Å²) in [7, 11) is 0. The largest absolute Gasteiger partial charge is 0.395 e. The van der Waals surface area contributed by atoms with Gasteiger partial charge in [-0.2, -0.15) is 15.0 Å². The standard InChI is InChI=1S/C24H26N8OS2/c33-16-15-31-11-13-32(14-12-31)23-26-22(27-24(28-23)35-18-6-2-1-3-7-18)25-21-10-9-19(29-30-21)20-8-4-5-17-34-20/h1-3,5-10,17,33H,4,11-16H2,(H,25,26,27,28,30). The summed E-state index contributed by atoms with van der Waals surface area (Å²) in [6.07, 6.45) is 5.18. The third-order valence-corrected chi connectivity index (χ3v) is 7.35. The molecule has 1 fully saturated rings. The van der Waals surface area contributed by atoms with E-state index in [1.165, 1.54) is 11.8 Å². The van der Waals surface area contributed by atoms with Crippen molar-refractivity contribution in [2.45, 2.75) is 16.5 Å². The molecule has 11 heteroatoms. The van der Waals surface area contributed by atoms with E-state index in [-0.39, 0.29) is 6.61 Å². The molecule has 0 spiro atoms. The van der Waals surface area contributed by atoms with Crippen LogP contribution >= 0.6 is 23.5 Å². The van der Waals surface area contributed by atoms with Crippen LogP contribution in [0.1, 0.15) is 12.1 Å². The van der Waals surface area contributed by atoms with E-state index in [0.29, 0.717) is 29.4 Å². The van der Waals surface area contributed by atoms with Gasteiger partial charge >= 0.3 is 0 Å². The number of thioether (sulfide) groups is 1.